The van der Waals surface area contributed by atoms with Crippen molar-refractivity contribution in [1.29, 1.82) is 0 Å². The number of phenolic OH excluding ortho intramolecular Hbond substituents is 1. The fourth-order valence-corrected chi connectivity index (χ4v) is 7.31. The standard InChI is InChI=1S/C22H27NO4.HI/c1-23(12-13-3-2-4-13)10-9-21-18-14-5-6-15(24)19(18)27-20(21)16(25)7-8-22(21,26)17(23)11-14;/h5-6,13,17,20,26H,2-4,7-12H2,1H3;1H/t17-,20+,21+,22-,23?;/m1./s1. The molecule has 1 aromatic carbocycles. The maximum atomic E-state index is 12.8. The molecule has 0 radical (unpaired) electrons. The number of benzene rings is 1. The van der Waals surface area contributed by atoms with Crippen LogP contribution in [-0.4, -0.2) is 58.4 Å². The van der Waals surface area contributed by atoms with Gasteiger partial charge in [0.2, 0.25) is 0 Å². The van der Waals surface area contributed by atoms with Crippen LogP contribution in [0.25, 0.3) is 0 Å². The molecule has 5 aliphatic rings. The minimum Gasteiger partial charge on any atom is -1.00 e. The lowest BCUT2D eigenvalue weighted by atomic mass is 9.48. The average molecular weight is 497 g/mol. The second-order valence-corrected chi connectivity index (χ2v) is 9.96. The Hall–Kier alpha value is -0.860. The van der Waals surface area contributed by atoms with Gasteiger partial charge in [0.05, 0.1) is 25.6 Å². The summed E-state index contributed by atoms with van der Waals surface area (Å²) in [5, 5.41) is 22.6. The van der Waals surface area contributed by atoms with Gasteiger partial charge in [0, 0.05) is 30.7 Å². The Morgan fingerprint density at radius 1 is 1.29 bits per heavy atom. The van der Waals surface area contributed by atoms with Crippen LogP contribution in [0.2, 0.25) is 0 Å². The zero-order chi connectivity index (χ0) is 18.6. The largest absolute Gasteiger partial charge is 1.00 e. The first-order chi connectivity index (χ1) is 12.9. The zero-order valence-electron chi connectivity index (χ0n) is 16.3. The summed E-state index contributed by atoms with van der Waals surface area (Å²) < 4.78 is 7.00. The van der Waals surface area contributed by atoms with E-state index >= 15 is 0 Å². The van der Waals surface area contributed by atoms with Crippen LogP contribution in [0.1, 0.15) is 49.7 Å². The highest BCUT2D eigenvalue weighted by atomic mass is 127. The summed E-state index contributed by atoms with van der Waals surface area (Å²) >= 11 is 0. The van der Waals surface area contributed by atoms with E-state index in [1.165, 1.54) is 19.3 Å². The number of quaternary nitrogens is 1. The van der Waals surface area contributed by atoms with Crippen LogP contribution < -0.4 is 28.7 Å². The SMILES string of the molecule is C[N+]1(CC2CCC2)CC[C@]23c4c5ccc(O)c4O[C@H]2C(=O)CC[C@@]3(O)[C@H]1C5.[I-]. The van der Waals surface area contributed by atoms with Gasteiger partial charge in [-0.05, 0) is 30.9 Å². The van der Waals surface area contributed by atoms with E-state index in [0.717, 1.165) is 47.5 Å². The van der Waals surface area contributed by atoms with Crippen LogP contribution in [-0.2, 0) is 16.6 Å². The van der Waals surface area contributed by atoms with Crippen molar-refractivity contribution in [1.82, 2.24) is 0 Å². The quantitative estimate of drug-likeness (QED) is 0.410. The predicted molar refractivity (Wildman–Crippen MR) is 98.8 cm³/mol. The van der Waals surface area contributed by atoms with E-state index in [-0.39, 0.29) is 41.6 Å². The number of ether oxygens (including phenoxy) is 1. The second-order valence-electron chi connectivity index (χ2n) is 9.96. The molecule has 1 unspecified atom stereocenters. The molecule has 3 aliphatic carbocycles. The van der Waals surface area contributed by atoms with Crippen molar-refractivity contribution in [2.45, 2.75) is 68.1 Å². The fourth-order valence-electron chi connectivity index (χ4n) is 7.31. The number of likely N-dealkylation sites (N-methyl/N-ethyl adjacent to an activating group) is 1. The first kappa shape index (κ1) is 19.1. The molecule has 6 rings (SSSR count). The summed E-state index contributed by atoms with van der Waals surface area (Å²) in [4.78, 5) is 12.8. The number of nitrogens with zero attached hydrogens (tertiary/aromatic N) is 1. The molecule has 5 atom stereocenters. The molecule has 2 bridgehead atoms. The molecular weight excluding hydrogens is 469 g/mol. The van der Waals surface area contributed by atoms with E-state index in [4.69, 9.17) is 4.74 Å². The second kappa shape index (κ2) is 5.85. The molecule has 2 heterocycles. The number of carbonyl (C=O) groups is 1. The highest BCUT2D eigenvalue weighted by molar-refractivity contribution is 5.90. The molecule has 2 N–H and O–H groups in total. The Morgan fingerprint density at radius 2 is 2.07 bits per heavy atom. The van der Waals surface area contributed by atoms with Crippen LogP contribution in [0, 0.1) is 5.92 Å². The van der Waals surface area contributed by atoms with E-state index in [0.29, 0.717) is 18.6 Å². The van der Waals surface area contributed by atoms with Gasteiger partial charge in [0.25, 0.3) is 0 Å². The molecule has 28 heavy (non-hydrogen) atoms. The third-order valence-electron chi connectivity index (χ3n) is 8.80. The molecule has 5 nitrogen and oxygen atoms in total. The summed E-state index contributed by atoms with van der Waals surface area (Å²) in [7, 11) is 2.32. The van der Waals surface area contributed by atoms with E-state index in [2.05, 4.69) is 7.05 Å². The number of ketones is 1. The Labute approximate surface area is 182 Å². The predicted octanol–water partition coefficient (Wildman–Crippen LogP) is -0.936. The van der Waals surface area contributed by atoms with Gasteiger partial charge in [-0.3, -0.25) is 4.79 Å². The number of rotatable bonds is 2. The van der Waals surface area contributed by atoms with Crippen LogP contribution in [0.15, 0.2) is 12.1 Å². The lowest BCUT2D eigenvalue weighted by Gasteiger charge is -2.64. The van der Waals surface area contributed by atoms with E-state index in [1.54, 1.807) is 6.07 Å². The van der Waals surface area contributed by atoms with Crippen LogP contribution >= 0.6 is 0 Å². The Bertz CT molecular complexity index is 870. The molecule has 1 spiro atoms. The third kappa shape index (κ3) is 2.02. The number of carbonyl (C=O) groups excluding carboxylic acids is 1. The van der Waals surface area contributed by atoms with Gasteiger partial charge >= 0.3 is 0 Å². The topological polar surface area (TPSA) is 66.8 Å². The zero-order valence-corrected chi connectivity index (χ0v) is 18.4. The molecule has 2 aliphatic heterocycles. The van der Waals surface area contributed by atoms with Gasteiger partial charge < -0.3 is 43.4 Å². The van der Waals surface area contributed by atoms with Gasteiger partial charge in [-0.1, -0.05) is 12.5 Å². The Kier molecular flexibility index (Phi) is 4.00. The van der Waals surface area contributed by atoms with Crippen molar-refractivity contribution < 1.29 is 48.2 Å². The lowest BCUT2D eigenvalue weighted by Crippen LogP contribution is -3.00. The summed E-state index contributed by atoms with van der Waals surface area (Å²) in [6, 6.07) is 3.78. The number of hydrogen-bond acceptors (Lipinski definition) is 4. The molecule has 152 valence electrons. The number of piperidine rings is 1. The number of aromatic hydroxyl groups is 1. The maximum absolute atomic E-state index is 12.8. The summed E-state index contributed by atoms with van der Waals surface area (Å²) in [5.74, 6) is 1.41. The van der Waals surface area contributed by atoms with E-state index in [9.17, 15) is 15.0 Å². The number of Topliss-reactive ketones (excluding diaryl/α,β-unsaturated/α-hetero) is 1. The van der Waals surface area contributed by atoms with Crippen molar-refractivity contribution in [3.05, 3.63) is 23.3 Å². The highest BCUT2D eigenvalue weighted by Crippen LogP contribution is 2.65. The highest BCUT2D eigenvalue weighted by Gasteiger charge is 2.76. The van der Waals surface area contributed by atoms with Gasteiger partial charge in [-0.25, -0.2) is 0 Å². The molecule has 1 saturated heterocycles. The lowest BCUT2D eigenvalue weighted by molar-refractivity contribution is -0.952. The smallest absolute Gasteiger partial charge is 0.174 e. The van der Waals surface area contributed by atoms with Crippen molar-refractivity contribution in [2.24, 2.45) is 5.92 Å². The van der Waals surface area contributed by atoms with Gasteiger partial charge in [-0.2, -0.15) is 0 Å². The number of phenols is 1. The number of likely N-dealkylation sites (tertiary alicyclic amines) is 1. The monoisotopic (exact) mass is 497 g/mol. The van der Waals surface area contributed by atoms with Crippen molar-refractivity contribution in [2.75, 3.05) is 20.1 Å². The first-order valence-electron chi connectivity index (χ1n) is 10.5. The molecule has 0 aromatic heterocycles. The minimum atomic E-state index is -0.936. The molecule has 6 heteroatoms. The number of halogens is 1. The van der Waals surface area contributed by atoms with Gasteiger partial charge in [-0.15, -0.1) is 0 Å². The van der Waals surface area contributed by atoms with Gasteiger partial charge in [0.15, 0.2) is 23.4 Å². The van der Waals surface area contributed by atoms with Crippen LogP contribution in [0.3, 0.4) is 0 Å². The molecule has 1 aromatic rings. The van der Waals surface area contributed by atoms with Crippen molar-refractivity contribution in [3.8, 4) is 11.5 Å². The normalized spacial score (nSPS) is 42.9. The Balaban J connectivity index is 0.00000171. The minimum absolute atomic E-state index is 0. The third-order valence-corrected chi connectivity index (χ3v) is 8.80. The molecular formula is C22H28INO4. The van der Waals surface area contributed by atoms with E-state index < -0.39 is 17.1 Å². The van der Waals surface area contributed by atoms with Crippen molar-refractivity contribution in [3.63, 3.8) is 0 Å². The molecule has 2 saturated carbocycles. The van der Waals surface area contributed by atoms with E-state index in [1.807, 2.05) is 6.07 Å². The molecule has 0 amide bonds. The van der Waals surface area contributed by atoms with Crippen LogP contribution in [0.4, 0.5) is 0 Å². The van der Waals surface area contributed by atoms with Crippen molar-refractivity contribution >= 4 is 5.78 Å². The first-order valence-corrected chi connectivity index (χ1v) is 10.5. The number of aliphatic hydroxyl groups is 1. The van der Waals surface area contributed by atoms with Crippen LogP contribution in [0.5, 0.6) is 11.5 Å². The molecule has 3 fully saturated rings. The maximum Gasteiger partial charge on any atom is 0.174 e. The summed E-state index contributed by atoms with van der Waals surface area (Å²) in [6.45, 7) is 2.09. The Morgan fingerprint density at radius 3 is 2.79 bits per heavy atom. The average Bonchev–Trinajstić information content (AvgIpc) is 2.97. The number of hydrogen-bond donors (Lipinski definition) is 2. The summed E-state index contributed by atoms with van der Waals surface area (Å²) in [5.41, 5.74) is 0.488. The fraction of sp³-hybridized carbons (Fsp3) is 0.682. The van der Waals surface area contributed by atoms with Gasteiger partial charge in [0.1, 0.15) is 11.6 Å². The summed E-state index contributed by atoms with van der Waals surface area (Å²) in [6.07, 6.45) is 5.75.